The first-order valence-corrected chi connectivity index (χ1v) is 6.44. The van der Waals surface area contributed by atoms with Crippen LogP contribution in [0.25, 0.3) is 6.08 Å². The standard InChI is InChI=1S/C17H18/c1-12(2)14-8-5-9-16(14)17-11-10-13-6-3-4-7-15(13)17/h3-8,10-12,17H,9H2,1-2H3. The van der Waals surface area contributed by atoms with Gasteiger partial charge in [0.05, 0.1) is 0 Å². The molecule has 0 N–H and O–H groups in total. The Bertz CT molecular complexity index is 527. The highest BCUT2D eigenvalue weighted by Gasteiger charge is 2.24. The minimum Gasteiger partial charge on any atom is -0.0801 e. The largest absolute Gasteiger partial charge is 0.0801 e. The quantitative estimate of drug-likeness (QED) is 0.679. The van der Waals surface area contributed by atoms with Gasteiger partial charge in [-0.1, -0.05) is 68.0 Å². The van der Waals surface area contributed by atoms with Crippen LogP contribution in [-0.2, 0) is 0 Å². The van der Waals surface area contributed by atoms with Crippen LogP contribution >= 0.6 is 0 Å². The third-order valence-electron chi connectivity index (χ3n) is 3.80. The van der Waals surface area contributed by atoms with Crippen molar-refractivity contribution in [2.45, 2.75) is 26.2 Å². The first-order valence-electron chi connectivity index (χ1n) is 6.44. The summed E-state index contributed by atoms with van der Waals surface area (Å²) in [5.74, 6) is 1.14. The van der Waals surface area contributed by atoms with Crippen molar-refractivity contribution in [2.24, 2.45) is 5.92 Å². The summed E-state index contributed by atoms with van der Waals surface area (Å²) in [5, 5.41) is 0. The van der Waals surface area contributed by atoms with Gasteiger partial charge in [-0.25, -0.2) is 0 Å². The Balaban J connectivity index is 2.04. The lowest BCUT2D eigenvalue weighted by Crippen LogP contribution is -2.01. The molecule has 0 nitrogen and oxygen atoms in total. The summed E-state index contributed by atoms with van der Waals surface area (Å²) >= 11 is 0. The van der Waals surface area contributed by atoms with E-state index in [1.807, 2.05) is 0 Å². The fraction of sp³-hybridized carbons (Fsp3) is 0.294. The number of benzene rings is 1. The molecule has 0 fully saturated rings. The summed E-state index contributed by atoms with van der Waals surface area (Å²) in [6, 6.07) is 8.75. The van der Waals surface area contributed by atoms with Gasteiger partial charge in [0.15, 0.2) is 0 Å². The molecule has 0 heterocycles. The first-order chi connectivity index (χ1) is 8.27. The van der Waals surface area contributed by atoms with Crippen LogP contribution in [-0.4, -0.2) is 0 Å². The van der Waals surface area contributed by atoms with Crippen LogP contribution < -0.4 is 0 Å². The molecule has 3 rings (SSSR count). The lowest BCUT2D eigenvalue weighted by molar-refractivity contribution is 0.768. The molecule has 1 unspecified atom stereocenters. The van der Waals surface area contributed by atoms with E-state index in [1.54, 1.807) is 5.57 Å². The average molecular weight is 222 g/mol. The molecule has 0 heteroatoms. The molecule has 1 atom stereocenters. The molecule has 0 saturated carbocycles. The van der Waals surface area contributed by atoms with Crippen molar-refractivity contribution in [3.63, 3.8) is 0 Å². The molecule has 0 bridgehead atoms. The maximum absolute atomic E-state index is 2.36. The fourth-order valence-electron chi connectivity index (χ4n) is 2.96. The molecule has 2 aliphatic rings. The van der Waals surface area contributed by atoms with Gasteiger partial charge < -0.3 is 0 Å². The monoisotopic (exact) mass is 222 g/mol. The van der Waals surface area contributed by atoms with Crippen molar-refractivity contribution in [2.75, 3.05) is 0 Å². The van der Waals surface area contributed by atoms with Crippen LogP contribution in [0.5, 0.6) is 0 Å². The van der Waals surface area contributed by atoms with Crippen molar-refractivity contribution in [1.29, 1.82) is 0 Å². The van der Waals surface area contributed by atoms with Gasteiger partial charge in [0.1, 0.15) is 0 Å². The predicted molar refractivity (Wildman–Crippen MR) is 73.8 cm³/mol. The Labute approximate surface area is 103 Å². The SMILES string of the molecule is CC(C)C1=C(C2C=Cc3ccccc32)CC=C1. The van der Waals surface area contributed by atoms with Crippen molar-refractivity contribution < 1.29 is 0 Å². The van der Waals surface area contributed by atoms with Crippen LogP contribution in [0.2, 0.25) is 0 Å². The number of allylic oxidation sites excluding steroid dienone is 5. The van der Waals surface area contributed by atoms with E-state index < -0.39 is 0 Å². The topological polar surface area (TPSA) is 0 Å². The zero-order valence-electron chi connectivity index (χ0n) is 10.5. The van der Waals surface area contributed by atoms with Crippen LogP contribution in [0.3, 0.4) is 0 Å². The molecule has 0 aliphatic heterocycles. The molecule has 0 aromatic heterocycles. The number of hydrogen-bond donors (Lipinski definition) is 0. The van der Waals surface area contributed by atoms with E-state index in [0.717, 1.165) is 6.42 Å². The Morgan fingerprint density at radius 1 is 1.12 bits per heavy atom. The lowest BCUT2D eigenvalue weighted by Gasteiger charge is -2.17. The lowest BCUT2D eigenvalue weighted by atomic mass is 9.87. The first kappa shape index (κ1) is 10.6. The van der Waals surface area contributed by atoms with Crippen molar-refractivity contribution in [3.8, 4) is 0 Å². The minimum atomic E-state index is 0.513. The van der Waals surface area contributed by atoms with Gasteiger partial charge in [-0.15, -0.1) is 0 Å². The Morgan fingerprint density at radius 3 is 2.76 bits per heavy atom. The second-order valence-corrected chi connectivity index (χ2v) is 5.21. The molecule has 0 radical (unpaired) electrons. The normalized spacial score (nSPS) is 21.7. The van der Waals surface area contributed by atoms with Gasteiger partial charge in [0.2, 0.25) is 0 Å². The maximum atomic E-state index is 2.36. The zero-order valence-corrected chi connectivity index (χ0v) is 10.5. The summed E-state index contributed by atoms with van der Waals surface area (Å²) in [7, 11) is 0. The molecule has 1 aromatic carbocycles. The van der Waals surface area contributed by atoms with Crippen molar-refractivity contribution in [1.82, 2.24) is 0 Å². The third-order valence-corrected chi connectivity index (χ3v) is 3.80. The van der Waals surface area contributed by atoms with E-state index in [9.17, 15) is 0 Å². The number of rotatable bonds is 2. The highest BCUT2D eigenvalue weighted by molar-refractivity contribution is 5.66. The van der Waals surface area contributed by atoms with Gasteiger partial charge >= 0.3 is 0 Å². The number of fused-ring (bicyclic) bond motifs is 1. The highest BCUT2D eigenvalue weighted by Crippen LogP contribution is 2.41. The van der Waals surface area contributed by atoms with Crippen LogP contribution in [0, 0.1) is 5.92 Å². The van der Waals surface area contributed by atoms with Crippen LogP contribution in [0.15, 0.2) is 53.6 Å². The van der Waals surface area contributed by atoms with Crippen molar-refractivity contribution in [3.05, 3.63) is 64.8 Å². The zero-order chi connectivity index (χ0) is 11.8. The Kier molecular flexibility index (Phi) is 2.51. The molecular formula is C17H18. The fourth-order valence-corrected chi connectivity index (χ4v) is 2.96. The molecule has 0 spiro atoms. The second kappa shape index (κ2) is 4.03. The molecule has 86 valence electrons. The third kappa shape index (κ3) is 1.68. The summed E-state index contributed by atoms with van der Waals surface area (Å²) in [4.78, 5) is 0. The van der Waals surface area contributed by atoms with Gasteiger partial charge in [0.25, 0.3) is 0 Å². The molecule has 0 amide bonds. The summed E-state index contributed by atoms with van der Waals surface area (Å²) in [5.41, 5.74) is 6.00. The molecular weight excluding hydrogens is 204 g/mol. The Morgan fingerprint density at radius 2 is 1.94 bits per heavy atom. The van der Waals surface area contributed by atoms with Crippen molar-refractivity contribution >= 4 is 6.08 Å². The molecule has 1 aromatic rings. The van der Waals surface area contributed by atoms with Gasteiger partial charge in [0, 0.05) is 5.92 Å². The molecule has 2 aliphatic carbocycles. The number of hydrogen-bond acceptors (Lipinski definition) is 0. The maximum Gasteiger partial charge on any atom is 0.0246 e. The van der Waals surface area contributed by atoms with E-state index >= 15 is 0 Å². The van der Waals surface area contributed by atoms with Crippen LogP contribution in [0.4, 0.5) is 0 Å². The minimum absolute atomic E-state index is 0.513. The summed E-state index contributed by atoms with van der Waals surface area (Å²) < 4.78 is 0. The van der Waals surface area contributed by atoms with Gasteiger partial charge in [-0.3, -0.25) is 0 Å². The second-order valence-electron chi connectivity index (χ2n) is 5.21. The smallest absolute Gasteiger partial charge is 0.0246 e. The predicted octanol–water partition coefficient (Wildman–Crippen LogP) is 4.71. The summed E-state index contributed by atoms with van der Waals surface area (Å²) in [6.45, 7) is 4.57. The van der Waals surface area contributed by atoms with E-state index in [1.165, 1.54) is 16.7 Å². The van der Waals surface area contributed by atoms with E-state index in [-0.39, 0.29) is 0 Å². The summed E-state index contributed by atoms with van der Waals surface area (Å²) in [6.07, 6.45) is 10.4. The Hall–Kier alpha value is -1.56. The highest BCUT2D eigenvalue weighted by atomic mass is 14.3. The van der Waals surface area contributed by atoms with Crippen LogP contribution in [0.1, 0.15) is 37.3 Å². The van der Waals surface area contributed by atoms with E-state index in [0.29, 0.717) is 11.8 Å². The van der Waals surface area contributed by atoms with E-state index in [2.05, 4.69) is 62.4 Å². The van der Waals surface area contributed by atoms with Gasteiger partial charge in [-0.2, -0.15) is 0 Å². The van der Waals surface area contributed by atoms with E-state index in [4.69, 9.17) is 0 Å². The van der Waals surface area contributed by atoms with Gasteiger partial charge in [-0.05, 0) is 29.0 Å². The average Bonchev–Trinajstić information content (AvgIpc) is 2.94. The molecule has 0 saturated heterocycles. The molecule has 17 heavy (non-hydrogen) atoms.